The van der Waals surface area contributed by atoms with Crippen LogP contribution in [-0.2, 0) is 5.41 Å². The number of hydrogen-bond acceptors (Lipinski definition) is 2. The van der Waals surface area contributed by atoms with Crippen LogP contribution < -0.4 is 5.32 Å². The van der Waals surface area contributed by atoms with E-state index in [4.69, 9.17) is 0 Å². The lowest BCUT2D eigenvalue weighted by molar-refractivity contribution is 0.532. The van der Waals surface area contributed by atoms with Crippen LogP contribution in [0.2, 0.25) is 0 Å². The van der Waals surface area contributed by atoms with Gasteiger partial charge in [0.05, 0.1) is 0 Å². The van der Waals surface area contributed by atoms with Gasteiger partial charge in [-0.05, 0) is 30.5 Å². The second-order valence-corrected chi connectivity index (χ2v) is 4.49. The molecule has 0 radical (unpaired) electrons. The molecule has 0 spiro atoms. The summed E-state index contributed by atoms with van der Waals surface area (Å²) >= 11 is 0. The predicted octanol–water partition coefficient (Wildman–Crippen LogP) is 2.36. The highest BCUT2D eigenvalue weighted by molar-refractivity contribution is 5.32. The molecule has 1 aliphatic rings. The van der Waals surface area contributed by atoms with Gasteiger partial charge in [0.2, 0.25) is 0 Å². The van der Waals surface area contributed by atoms with E-state index in [-0.39, 0.29) is 0 Å². The third kappa shape index (κ3) is 1.91. The third-order valence-corrected chi connectivity index (χ3v) is 3.65. The minimum Gasteiger partial charge on any atom is -0.316 e. The average molecular weight is 204 g/mol. The standard InChI is InChI=1S/C13H20N2/c1-3-11-8-13(11,10-14-4-2)12-6-5-7-15-9-12/h5-7,9,11,14H,3-4,8,10H2,1-2H3. The van der Waals surface area contributed by atoms with E-state index in [1.165, 1.54) is 18.4 Å². The fraction of sp³-hybridized carbons (Fsp3) is 0.615. The van der Waals surface area contributed by atoms with Gasteiger partial charge in [0.1, 0.15) is 0 Å². The molecule has 1 heterocycles. The van der Waals surface area contributed by atoms with Crippen LogP contribution in [0.15, 0.2) is 24.5 Å². The van der Waals surface area contributed by atoms with Gasteiger partial charge in [0, 0.05) is 24.4 Å². The van der Waals surface area contributed by atoms with Gasteiger partial charge in [-0.25, -0.2) is 0 Å². The van der Waals surface area contributed by atoms with Crippen molar-refractivity contribution in [3.8, 4) is 0 Å². The first-order valence-electron chi connectivity index (χ1n) is 5.94. The van der Waals surface area contributed by atoms with Gasteiger partial charge in [-0.15, -0.1) is 0 Å². The van der Waals surface area contributed by atoms with E-state index in [1.807, 2.05) is 18.5 Å². The number of nitrogens with zero attached hydrogens (tertiary/aromatic N) is 1. The molecule has 0 aromatic carbocycles. The molecule has 1 aromatic heterocycles. The van der Waals surface area contributed by atoms with Crippen LogP contribution >= 0.6 is 0 Å². The highest BCUT2D eigenvalue weighted by Crippen LogP contribution is 2.55. The van der Waals surface area contributed by atoms with Crippen molar-refractivity contribution in [3.05, 3.63) is 30.1 Å². The lowest BCUT2D eigenvalue weighted by Crippen LogP contribution is -2.28. The van der Waals surface area contributed by atoms with Gasteiger partial charge < -0.3 is 5.32 Å². The van der Waals surface area contributed by atoms with Crippen LogP contribution in [0.25, 0.3) is 0 Å². The van der Waals surface area contributed by atoms with E-state index < -0.39 is 0 Å². The maximum absolute atomic E-state index is 4.24. The zero-order valence-electron chi connectivity index (χ0n) is 9.66. The summed E-state index contributed by atoms with van der Waals surface area (Å²) < 4.78 is 0. The van der Waals surface area contributed by atoms with E-state index in [0.717, 1.165) is 19.0 Å². The summed E-state index contributed by atoms with van der Waals surface area (Å²) in [7, 11) is 0. The summed E-state index contributed by atoms with van der Waals surface area (Å²) in [6, 6.07) is 4.27. The molecule has 1 aromatic rings. The van der Waals surface area contributed by atoms with Crippen LogP contribution in [-0.4, -0.2) is 18.1 Å². The van der Waals surface area contributed by atoms with Crippen molar-refractivity contribution >= 4 is 0 Å². The summed E-state index contributed by atoms with van der Waals surface area (Å²) in [6.07, 6.45) is 6.49. The maximum Gasteiger partial charge on any atom is 0.0306 e. The summed E-state index contributed by atoms with van der Waals surface area (Å²) in [6.45, 7) is 6.61. The van der Waals surface area contributed by atoms with Crippen LogP contribution in [0.4, 0.5) is 0 Å². The maximum atomic E-state index is 4.24. The zero-order valence-corrected chi connectivity index (χ0v) is 9.66. The van der Waals surface area contributed by atoms with Crippen LogP contribution in [0, 0.1) is 5.92 Å². The summed E-state index contributed by atoms with van der Waals surface area (Å²) in [5.41, 5.74) is 1.80. The average Bonchev–Trinajstić information content (AvgIpc) is 3.03. The molecular formula is C13H20N2. The van der Waals surface area contributed by atoms with Crippen LogP contribution in [0.5, 0.6) is 0 Å². The van der Waals surface area contributed by atoms with Crippen molar-refractivity contribution in [2.24, 2.45) is 5.92 Å². The zero-order chi connectivity index (χ0) is 10.7. The molecule has 82 valence electrons. The van der Waals surface area contributed by atoms with E-state index in [0.29, 0.717) is 5.41 Å². The number of hydrogen-bond donors (Lipinski definition) is 1. The number of pyridine rings is 1. The molecule has 15 heavy (non-hydrogen) atoms. The Morgan fingerprint density at radius 2 is 2.40 bits per heavy atom. The van der Waals surface area contributed by atoms with Gasteiger partial charge in [-0.1, -0.05) is 26.3 Å². The van der Waals surface area contributed by atoms with E-state index in [9.17, 15) is 0 Å². The largest absolute Gasteiger partial charge is 0.316 e. The van der Waals surface area contributed by atoms with Crippen molar-refractivity contribution in [1.29, 1.82) is 0 Å². The van der Waals surface area contributed by atoms with Crippen molar-refractivity contribution in [2.75, 3.05) is 13.1 Å². The highest BCUT2D eigenvalue weighted by atomic mass is 14.9. The van der Waals surface area contributed by atoms with E-state index in [2.05, 4.69) is 30.2 Å². The summed E-state index contributed by atoms with van der Waals surface area (Å²) in [5.74, 6) is 0.848. The summed E-state index contributed by atoms with van der Waals surface area (Å²) in [5, 5.41) is 3.49. The lowest BCUT2D eigenvalue weighted by Gasteiger charge is -2.17. The molecule has 0 aliphatic heterocycles. The second kappa shape index (κ2) is 4.31. The number of rotatable bonds is 5. The molecule has 0 bridgehead atoms. The molecule has 2 unspecified atom stereocenters. The van der Waals surface area contributed by atoms with Crippen LogP contribution in [0.3, 0.4) is 0 Å². The van der Waals surface area contributed by atoms with E-state index in [1.54, 1.807) is 0 Å². The molecule has 2 nitrogen and oxygen atoms in total. The lowest BCUT2D eigenvalue weighted by atomic mass is 9.93. The van der Waals surface area contributed by atoms with Gasteiger partial charge >= 0.3 is 0 Å². The number of likely N-dealkylation sites (N-methyl/N-ethyl adjacent to an activating group) is 1. The Labute approximate surface area is 92.1 Å². The van der Waals surface area contributed by atoms with Crippen molar-refractivity contribution < 1.29 is 0 Å². The molecule has 1 saturated carbocycles. The smallest absolute Gasteiger partial charge is 0.0306 e. The SMILES string of the molecule is CCNCC1(c2cccnc2)CC1CC. The summed E-state index contributed by atoms with van der Waals surface area (Å²) in [4.78, 5) is 4.24. The minimum atomic E-state index is 0.388. The first kappa shape index (κ1) is 10.6. The molecule has 0 amide bonds. The molecule has 2 rings (SSSR count). The Morgan fingerprint density at radius 3 is 2.93 bits per heavy atom. The first-order valence-corrected chi connectivity index (χ1v) is 5.94. The number of aromatic nitrogens is 1. The molecule has 2 heteroatoms. The quantitative estimate of drug-likeness (QED) is 0.796. The first-order chi connectivity index (χ1) is 7.33. The highest BCUT2D eigenvalue weighted by Gasteiger charge is 2.53. The Bertz CT molecular complexity index is 310. The molecule has 2 atom stereocenters. The third-order valence-electron chi connectivity index (χ3n) is 3.65. The Kier molecular flexibility index (Phi) is 3.06. The van der Waals surface area contributed by atoms with Crippen molar-refractivity contribution in [2.45, 2.75) is 32.1 Å². The molecule has 1 aliphatic carbocycles. The van der Waals surface area contributed by atoms with Gasteiger partial charge in [0.15, 0.2) is 0 Å². The normalized spacial score (nSPS) is 29.1. The molecule has 1 N–H and O–H groups in total. The van der Waals surface area contributed by atoms with Crippen LogP contribution in [0.1, 0.15) is 32.3 Å². The number of nitrogens with one attached hydrogen (secondary N) is 1. The fourth-order valence-corrected chi connectivity index (χ4v) is 2.59. The minimum absolute atomic E-state index is 0.388. The molecule has 0 saturated heterocycles. The second-order valence-electron chi connectivity index (χ2n) is 4.49. The predicted molar refractivity (Wildman–Crippen MR) is 62.9 cm³/mol. The molecular weight excluding hydrogens is 184 g/mol. The topological polar surface area (TPSA) is 24.9 Å². The Balaban J connectivity index is 2.15. The molecule has 1 fully saturated rings. The van der Waals surface area contributed by atoms with Gasteiger partial charge in [-0.3, -0.25) is 4.98 Å². The van der Waals surface area contributed by atoms with Crippen molar-refractivity contribution in [1.82, 2.24) is 10.3 Å². The Morgan fingerprint density at radius 1 is 1.53 bits per heavy atom. The fourth-order valence-electron chi connectivity index (χ4n) is 2.59. The van der Waals surface area contributed by atoms with Gasteiger partial charge in [0.25, 0.3) is 0 Å². The van der Waals surface area contributed by atoms with Gasteiger partial charge in [-0.2, -0.15) is 0 Å². The van der Waals surface area contributed by atoms with E-state index >= 15 is 0 Å². The van der Waals surface area contributed by atoms with Crippen molar-refractivity contribution in [3.63, 3.8) is 0 Å². The monoisotopic (exact) mass is 204 g/mol. The Hall–Kier alpha value is -0.890.